The second-order valence-electron chi connectivity index (χ2n) is 7.75. The number of rotatable bonds is 5. The molecular formula is C20H23N5O4S. The van der Waals surface area contributed by atoms with E-state index in [2.05, 4.69) is 15.5 Å². The summed E-state index contributed by atoms with van der Waals surface area (Å²) in [7, 11) is 0. The van der Waals surface area contributed by atoms with Crippen LogP contribution in [0.1, 0.15) is 49.1 Å². The lowest BCUT2D eigenvalue weighted by molar-refractivity contribution is 0.0190. The van der Waals surface area contributed by atoms with Gasteiger partial charge in [-0.3, -0.25) is 14.4 Å². The highest BCUT2D eigenvalue weighted by Crippen LogP contribution is 2.43. The number of nitrogens with one attached hydrogen (secondary N) is 1. The molecule has 30 heavy (non-hydrogen) atoms. The van der Waals surface area contributed by atoms with E-state index in [0.29, 0.717) is 36.1 Å². The third-order valence-corrected chi connectivity index (χ3v) is 6.88. The van der Waals surface area contributed by atoms with Crippen LogP contribution in [0.15, 0.2) is 30.5 Å². The number of carbonyl (C=O) groups excluding carboxylic acids is 3. The topological polar surface area (TPSA) is 128 Å². The maximum absolute atomic E-state index is 13.3. The maximum Gasteiger partial charge on any atom is 0.271 e. The van der Waals surface area contributed by atoms with Gasteiger partial charge in [-0.15, -0.1) is 16.4 Å². The Morgan fingerprint density at radius 3 is 2.67 bits per heavy atom. The molecule has 0 saturated carbocycles. The zero-order valence-electron chi connectivity index (χ0n) is 16.4. The monoisotopic (exact) mass is 429 g/mol. The summed E-state index contributed by atoms with van der Waals surface area (Å²) in [4.78, 5) is 39.7. The highest BCUT2D eigenvalue weighted by atomic mass is 32.1. The van der Waals surface area contributed by atoms with Crippen LogP contribution in [0, 0.1) is 5.41 Å². The van der Waals surface area contributed by atoms with Crippen LogP contribution in [-0.4, -0.2) is 65.2 Å². The molecule has 1 spiro atoms. The number of likely N-dealkylation sites (tertiary alicyclic amines) is 1. The first-order valence-electron chi connectivity index (χ1n) is 9.82. The predicted molar refractivity (Wildman–Crippen MR) is 109 cm³/mol. The molecule has 3 amide bonds. The highest BCUT2D eigenvalue weighted by Gasteiger charge is 2.46. The van der Waals surface area contributed by atoms with Gasteiger partial charge in [0.05, 0.1) is 15.8 Å². The molecule has 1 unspecified atom stereocenters. The number of thiophene rings is 1. The zero-order chi connectivity index (χ0) is 21.1. The van der Waals surface area contributed by atoms with Crippen molar-refractivity contribution in [2.24, 2.45) is 11.1 Å². The Hall–Kier alpha value is -2.85. The van der Waals surface area contributed by atoms with Gasteiger partial charge >= 0.3 is 0 Å². The molecule has 158 valence electrons. The second kappa shape index (κ2) is 8.49. The van der Waals surface area contributed by atoms with Crippen molar-refractivity contribution in [1.29, 1.82) is 0 Å². The average Bonchev–Trinajstić information content (AvgIpc) is 3.39. The van der Waals surface area contributed by atoms with Crippen LogP contribution in [0.4, 0.5) is 0 Å². The van der Waals surface area contributed by atoms with Crippen LogP contribution >= 0.6 is 11.3 Å². The first-order valence-corrected chi connectivity index (χ1v) is 10.6. The molecule has 9 nitrogen and oxygen atoms in total. The Morgan fingerprint density at radius 2 is 2.00 bits per heavy atom. The Morgan fingerprint density at radius 1 is 1.23 bits per heavy atom. The summed E-state index contributed by atoms with van der Waals surface area (Å²) < 4.78 is 5.52. The van der Waals surface area contributed by atoms with Crippen molar-refractivity contribution in [2.75, 3.05) is 26.3 Å². The van der Waals surface area contributed by atoms with Crippen LogP contribution in [0.5, 0.6) is 0 Å². The number of aromatic nitrogens is 2. The van der Waals surface area contributed by atoms with Crippen molar-refractivity contribution >= 4 is 29.1 Å². The van der Waals surface area contributed by atoms with Gasteiger partial charge in [0.25, 0.3) is 17.7 Å². The normalized spacial score (nSPS) is 20.3. The lowest BCUT2D eigenvalue weighted by Gasteiger charge is -2.32. The van der Waals surface area contributed by atoms with E-state index in [4.69, 9.17) is 10.5 Å². The Balaban J connectivity index is 1.51. The molecule has 0 aromatic carbocycles. The third-order valence-electron chi connectivity index (χ3n) is 5.79. The Bertz CT molecular complexity index is 942. The van der Waals surface area contributed by atoms with Gasteiger partial charge in [0, 0.05) is 32.5 Å². The van der Waals surface area contributed by atoms with Gasteiger partial charge in [0.1, 0.15) is 0 Å². The molecule has 1 atom stereocenters. The zero-order valence-corrected chi connectivity index (χ0v) is 17.2. The summed E-state index contributed by atoms with van der Waals surface area (Å²) in [6, 6.07) is 6.30. The minimum atomic E-state index is -0.547. The lowest BCUT2D eigenvalue weighted by Crippen LogP contribution is -2.43. The standard InChI is InChI=1S/C20H23N5O4S/c21-17(26)15-3-4-16(30-15)19(28)25-12-20(5-8-29-9-6-20)10-13(25)11-22-18(27)14-2-1-7-23-24-14/h1-4,7,13H,5-6,8-12H2,(H2,21,26)(H,22,27). The fraction of sp³-hybridized carbons (Fsp3) is 0.450. The van der Waals surface area contributed by atoms with Crippen LogP contribution in [0.3, 0.4) is 0 Å². The van der Waals surface area contributed by atoms with Gasteiger partial charge < -0.3 is 20.7 Å². The number of hydrogen-bond donors (Lipinski definition) is 2. The van der Waals surface area contributed by atoms with Crippen molar-refractivity contribution in [3.63, 3.8) is 0 Å². The van der Waals surface area contributed by atoms with E-state index in [9.17, 15) is 14.4 Å². The number of amides is 3. The molecule has 10 heteroatoms. The quantitative estimate of drug-likeness (QED) is 0.732. The number of ether oxygens (including phenoxy) is 1. The largest absolute Gasteiger partial charge is 0.381 e. The molecule has 2 aliphatic heterocycles. The number of primary amides is 1. The number of nitrogens with two attached hydrogens (primary N) is 1. The second-order valence-corrected chi connectivity index (χ2v) is 8.83. The first kappa shape index (κ1) is 20.4. The molecule has 2 aromatic heterocycles. The van der Waals surface area contributed by atoms with Crippen molar-refractivity contribution in [3.8, 4) is 0 Å². The summed E-state index contributed by atoms with van der Waals surface area (Å²) in [6.45, 7) is 2.26. The maximum atomic E-state index is 13.3. The van der Waals surface area contributed by atoms with Gasteiger partial charge in [0.15, 0.2) is 5.69 Å². The minimum Gasteiger partial charge on any atom is -0.381 e. The predicted octanol–water partition coefficient (Wildman–Crippen LogP) is 1.08. The van der Waals surface area contributed by atoms with E-state index in [1.165, 1.54) is 6.20 Å². The van der Waals surface area contributed by atoms with E-state index < -0.39 is 5.91 Å². The van der Waals surface area contributed by atoms with Crippen molar-refractivity contribution < 1.29 is 19.1 Å². The van der Waals surface area contributed by atoms with Gasteiger partial charge in [-0.05, 0) is 48.9 Å². The number of hydrogen-bond acceptors (Lipinski definition) is 7. The summed E-state index contributed by atoms with van der Waals surface area (Å²) in [5.41, 5.74) is 5.55. The van der Waals surface area contributed by atoms with Crippen LogP contribution in [0.25, 0.3) is 0 Å². The molecule has 4 heterocycles. The van der Waals surface area contributed by atoms with Gasteiger partial charge in [-0.2, -0.15) is 5.10 Å². The van der Waals surface area contributed by atoms with E-state index in [1.54, 1.807) is 24.3 Å². The average molecular weight is 430 g/mol. The Labute approximate surface area is 177 Å². The molecule has 0 radical (unpaired) electrons. The van der Waals surface area contributed by atoms with Crippen LogP contribution in [-0.2, 0) is 4.74 Å². The van der Waals surface area contributed by atoms with Crippen molar-refractivity contribution in [1.82, 2.24) is 20.4 Å². The van der Waals surface area contributed by atoms with Gasteiger partial charge in [-0.25, -0.2) is 0 Å². The van der Waals surface area contributed by atoms with Crippen molar-refractivity contribution in [2.45, 2.75) is 25.3 Å². The summed E-state index contributed by atoms with van der Waals surface area (Å²) in [5.74, 6) is -1.01. The lowest BCUT2D eigenvalue weighted by atomic mass is 9.78. The molecule has 2 aliphatic rings. The Kier molecular flexibility index (Phi) is 5.78. The molecule has 3 N–H and O–H groups in total. The molecule has 2 saturated heterocycles. The highest BCUT2D eigenvalue weighted by molar-refractivity contribution is 7.15. The van der Waals surface area contributed by atoms with Crippen LogP contribution in [0.2, 0.25) is 0 Å². The number of nitrogens with zero attached hydrogens (tertiary/aromatic N) is 3. The summed E-state index contributed by atoms with van der Waals surface area (Å²) in [5, 5.41) is 10.4. The fourth-order valence-electron chi connectivity index (χ4n) is 4.20. The SMILES string of the molecule is NC(=O)c1ccc(C(=O)N2CC3(CCOCC3)CC2CNC(=O)c2cccnn2)s1. The summed E-state index contributed by atoms with van der Waals surface area (Å²) >= 11 is 1.10. The summed E-state index contributed by atoms with van der Waals surface area (Å²) in [6.07, 6.45) is 4.05. The van der Waals surface area contributed by atoms with Crippen molar-refractivity contribution in [3.05, 3.63) is 45.9 Å². The third kappa shape index (κ3) is 4.19. The van der Waals surface area contributed by atoms with Gasteiger partial charge in [-0.1, -0.05) is 0 Å². The van der Waals surface area contributed by atoms with Gasteiger partial charge in [0.2, 0.25) is 0 Å². The van der Waals surface area contributed by atoms with E-state index in [0.717, 1.165) is 30.6 Å². The molecule has 0 aliphatic carbocycles. The molecule has 4 rings (SSSR count). The molecular weight excluding hydrogens is 406 g/mol. The smallest absolute Gasteiger partial charge is 0.271 e. The minimum absolute atomic E-state index is 0.0143. The molecule has 2 aromatic rings. The molecule has 0 bridgehead atoms. The first-order chi connectivity index (χ1) is 14.5. The molecule has 2 fully saturated rings. The van der Waals surface area contributed by atoms with E-state index >= 15 is 0 Å². The van der Waals surface area contributed by atoms with E-state index in [-0.39, 0.29) is 29.0 Å². The number of carbonyl (C=O) groups is 3. The fourth-order valence-corrected chi connectivity index (χ4v) is 5.02. The van der Waals surface area contributed by atoms with E-state index in [1.807, 2.05) is 4.90 Å². The van der Waals surface area contributed by atoms with Crippen LogP contribution < -0.4 is 11.1 Å².